The molecule has 5 rings (SSSR count). The van der Waals surface area contributed by atoms with Gasteiger partial charge in [0.05, 0.1) is 26.9 Å². The number of esters is 2. The molecule has 11 heteroatoms. The lowest BCUT2D eigenvalue weighted by molar-refractivity contribution is -0.139. The predicted octanol–water partition coefficient (Wildman–Crippen LogP) is 3.83. The molecular weight excluding hydrogens is 580 g/mol. The number of amides is 2. The van der Waals surface area contributed by atoms with Crippen LogP contribution in [0.4, 0.5) is 11.4 Å². The fraction of sp³-hybridized carbons (Fsp3) is 0.147. The van der Waals surface area contributed by atoms with Crippen LogP contribution in [0, 0.1) is 6.92 Å². The molecule has 0 bridgehead atoms. The monoisotopic (exact) mass is 608 g/mol. The van der Waals surface area contributed by atoms with E-state index in [1.54, 1.807) is 42.5 Å². The van der Waals surface area contributed by atoms with Crippen LogP contribution in [0.2, 0.25) is 0 Å². The second-order valence-corrected chi connectivity index (χ2v) is 10.1. The molecule has 2 heterocycles. The van der Waals surface area contributed by atoms with Crippen LogP contribution in [0.5, 0.6) is 5.75 Å². The Bertz CT molecular complexity index is 1810. The summed E-state index contributed by atoms with van der Waals surface area (Å²) < 4.78 is 15.3. The molecule has 0 aromatic heterocycles. The molecule has 3 aromatic rings. The van der Waals surface area contributed by atoms with Gasteiger partial charge in [-0.25, -0.2) is 9.59 Å². The van der Waals surface area contributed by atoms with Crippen molar-refractivity contribution in [3.63, 3.8) is 0 Å². The van der Waals surface area contributed by atoms with Crippen molar-refractivity contribution >= 4 is 47.0 Å². The number of aryl methyl sites for hydroxylation is 1. The number of hydrogen-bond acceptors (Lipinski definition) is 9. The van der Waals surface area contributed by atoms with Gasteiger partial charge in [0, 0.05) is 11.4 Å². The number of aliphatic hydroxyl groups excluding tert-OH is 1. The Balaban J connectivity index is 1.87. The van der Waals surface area contributed by atoms with Crippen LogP contribution in [-0.2, 0) is 33.4 Å². The second kappa shape index (κ2) is 12.0. The average molecular weight is 609 g/mol. The lowest BCUT2D eigenvalue weighted by atomic mass is 9.80. The van der Waals surface area contributed by atoms with Gasteiger partial charge in [0.15, 0.2) is 17.1 Å². The van der Waals surface area contributed by atoms with Crippen molar-refractivity contribution in [1.82, 2.24) is 0 Å². The van der Waals surface area contributed by atoms with Gasteiger partial charge in [-0.2, -0.15) is 0 Å². The Hall–Kier alpha value is -5.97. The number of allylic oxidation sites excluding steroid dienone is 1. The summed E-state index contributed by atoms with van der Waals surface area (Å²) in [5.41, 5.74) is -3.13. The molecule has 0 saturated heterocycles. The maximum absolute atomic E-state index is 15.0. The molecule has 2 aliphatic heterocycles. The largest absolute Gasteiger partial charge is 0.503 e. The average Bonchev–Trinajstić information content (AvgIpc) is 3.46. The molecule has 2 aliphatic rings. The summed E-state index contributed by atoms with van der Waals surface area (Å²) in [7, 11) is 3.50. The summed E-state index contributed by atoms with van der Waals surface area (Å²) in [6.45, 7) is 1.81. The molecule has 228 valence electrons. The highest BCUT2D eigenvalue weighted by Gasteiger charge is 2.70. The third kappa shape index (κ3) is 4.84. The molecule has 11 nitrogen and oxygen atoms in total. The molecule has 45 heavy (non-hydrogen) atoms. The molecule has 2 amide bonds. The van der Waals surface area contributed by atoms with E-state index in [1.165, 1.54) is 49.6 Å². The van der Waals surface area contributed by atoms with E-state index in [2.05, 4.69) is 0 Å². The molecule has 0 radical (unpaired) electrons. The minimum absolute atomic E-state index is 0.00640. The number of nitrogens with zero attached hydrogens (tertiary/aromatic N) is 2. The molecule has 3 aromatic carbocycles. The minimum atomic E-state index is -2.69. The number of carbonyl (C=O) groups excluding carboxylic acids is 5. The smallest absolute Gasteiger partial charge is 0.355 e. The molecule has 1 atom stereocenters. The Labute approximate surface area is 258 Å². The van der Waals surface area contributed by atoms with Crippen LogP contribution in [0.15, 0.2) is 108 Å². The Morgan fingerprint density at radius 2 is 1.38 bits per heavy atom. The number of ether oxygens (including phenoxy) is 3. The minimum Gasteiger partial charge on any atom is -0.503 e. The summed E-state index contributed by atoms with van der Waals surface area (Å²) in [5.74, 6) is -6.23. The number of benzene rings is 3. The third-order valence-electron chi connectivity index (χ3n) is 7.54. The van der Waals surface area contributed by atoms with Gasteiger partial charge in [0.1, 0.15) is 17.0 Å². The molecule has 0 saturated carbocycles. The van der Waals surface area contributed by atoms with Crippen LogP contribution in [0.25, 0.3) is 6.08 Å². The molecule has 1 unspecified atom stereocenters. The van der Waals surface area contributed by atoms with Crippen molar-refractivity contribution in [1.29, 1.82) is 0 Å². The number of carbonyl (C=O) groups is 5. The summed E-state index contributed by atoms with van der Waals surface area (Å²) in [6, 6.07) is 20.9. The van der Waals surface area contributed by atoms with E-state index >= 15 is 0 Å². The van der Waals surface area contributed by atoms with Gasteiger partial charge in [-0.3, -0.25) is 24.2 Å². The van der Waals surface area contributed by atoms with E-state index in [4.69, 9.17) is 14.2 Å². The van der Waals surface area contributed by atoms with Crippen LogP contribution in [-0.4, -0.2) is 61.5 Å². The standard InChI is InChI=1S/C34H28N2O9/c1-20-10-13-22(14-11-20)35-28(32(41)45-4)27(31(40)44-3)34(33(35)42)26(25(37)19-12-21-8-6-5-7-9-21)29(38)30(39)36(34)23-15-17-24(43-2)18-16-23/h5-19,38H,1-4H3. The summed E-state index contributed by atoms with van der Waals surface area (Å²) in [6.07, 6.45) is 2.50. The third-order valence-corrected chi connectivity index (χ3v) is 7.54. The molecule has 0 aliphatic carbocycles. The number of aliphatic hydroxyl groups is 1. The number of anilines is 2. The van der Waals surface area contributed by atoms with Gasteiger partial charge >= 0.3 is 11.9 Å². The highest BCUT2D eigenvalue weighted by atomic mass is 16.5. The van der Waals surface area contributed by atoms with Gasteiger partial charge in [-0.15, -0.1) is 0 Å². The Kier molecular flexibility index (Phi) is 8.10. The first kappa shape index (κ1) is 30.5. The zero-order valence-corrected chi connectivity index (χ0v) is 24.8. The summed E-state index contributed by atoms with van der Waals surface area (Å²) >= 11 is 0. The first-order valence-corrected chi connectivity index (χ1v) is 13.6. The molecule has 1 N–H and O–H groups in total. The fourth-order valence-electron chi connectivity index (χ4n) is 5.47. The van der Waals surface area contributed by atoms with E-state index < -0.39 is 57.7 Å². The Morgan fingerprint density at radius 3 is 1.96 bits per heavy atom. The van der Waals surface area contributed by atoms with E-state index in [0.29, 0.717) is 11.3 Å². The van der Waals surface area contributed by atoms with E-state index in [0.717, 1.165) is 35.7 Å². The Morgan fingerprint density at radius 1 is 0.778 bits per heavy atom. The fourth-order valence-corrected chi connectivity index (χ4v) is 5.47. The SMILES string of the molecule is COC(=O)C1=C(C(=O)OC)C2(C(=O)N1c1ccc(C)cc1)C(C(=O)C=Cc1ccccc1)=C(O)C(=O)N2c1ccc(OC)cc1. The zero-order valence-electron chi connectivity index (χ0n) is 24.8. The van der Waals surface area contributed by atoms with E-state index in [9.17, 15) is 29.1 Å². The summed E-state index contributed by atoms with van der Waals surface area (Å²) in [4.78, 5) is 72.0. The van der Waals surface area contributed by atoms with Crippen LogP contribution in [0.3, 0.4) is 0 Å². The highest BCUT2D eigenvalue weighted by Crippen LogP contribution is 2.52. The first-order valence-electron chi connectivity index (χ1n) is 13.6. The van der Waals surface area contributed by atoms with Crippen molar-refractivity contribution in [2.24, 2.45) is 0 Å². The number of methoxy groups -OCH3 is 3. The van der Waals surface area contributed by atoms with Gasteiger partial charge in [0.2, 0.25) is 0 Å². The number of ketones is 1. The summed E-state index contributed by atoms with van der Waals surface area (Å²) in [5, 5.41) is 11.4. The molecular formula is C34H28N2O9. The lowest BCUT2D eigenvalue weighted by Crippen LogP contribution is -2.59. The second-order valence-electron chi connectivity index (χ2n) is 10.1. The van der Waals surface area contributed by atoms with Gasteiger partial charge in [0.25, 0.3) is 11.8 Å². The topological polar surface area (TPSA) is 140 Å². The zero-order chi connectivity index (χ0) is 32.5. The van der Waals surface area contributed by atoms with Gasteiger partial charge in [-0.1, -0.05) is 54.1 Å². The highest BCUT2D eigenvalue weighted by molar-refractivity contribution is 6.36. The maximum Gasteiger partial charge on any atom is 0.355 e. The number of hydrogen-bond donors (Lipinski definition) is 1. The van der Waals surface area contributed by atoms with Crippen LogP contribution >= 0.6 is 0 Å². The quantitative estimate of drug-likeness (QED) is 0.299. The van der Waals surface area contributed by atoms with E-state index in [1.807, 2.05) is 6.92 Å². The normalized spacial score (nSPS) is 18.0. The van der Waals surface area contributed by atoms with Crippen molar-refractivity contribution in [3.8, 4) is 5.75 Å². The first-order chi connectivity index (χ1) is 21.6. The van der Waals surface area contributed by atoms with Crippen molar-refractivity contribution in [3.05, 3.63) is 119 Å². The van der Waals surface area contributed by atoms with Crippen molar-refractivity contribution in [2.75, 3.05) is 31.1 Å². The van der Waals surface area contributed by atoms with Gasteiger partial charge < -0.3 is 19.3 Å². The van der Waals surface area contributed by atoms with Crippen molar-refractivity contribution < 1.29 is 43.3 Å². The van der Waals surface area contributed by atoms with Crippen LogP contribution < -0.4 is 14.5 Å². The molecule has 1 spiro atoms. The number of rotatable bonds is 8. The maximum atomic E-state index is 15.0. The lowest BCUT2D eigenvalue weighted by Gasteiger charge is -2.36. The van der Waals surface area contributed by atoms with Crippen LogP contribution in [0.1, 0.15) is 11.1 Å². The van der Waals surface area contributed by atoms with E-state index in [-0.39, 0.29) is 11.4 Å². The molecule has 0 fully saturated rings. The predicted molar refractivity (Wildman–Crippen MR) is 163 cm³/mol. The van der Waals surface area contributed by atoms with Crippen molar-refractivity contribution in [2.45, 2.75) is 12.5 Å². The van der Waals surface area contributed by atoms with Gasteiger partial charge in [-0.05, 0) is 55.0 Å².